The van der Waals surface area contributed by atoms with Crippen molar-refractivity contribution in [3.05, 3.63) is 29.6 Å². The molecule has 19 heavy (non-hydrogen) atoms. The van der Waals surface area contributed by atoms with E-state index in [1.807, 2.05) is 0 Å². The van der Waals surface area contributed by atoms with Crippen LogP contribution in [-0.2, 0) is 9.53 Å². The van der Waals surface area contributed by atoms with Crippen molar-refractivity contribution in [2.24, 2.45) is 5.92 Å². The molecule has 1 unspecified atom stereocenters. The number of aliphatic hydroxyl groups is 1. The molecule has 1 heterocycles. The summed E-state index contributed by atoms with van der Waals surface area (Å²) >= 11 is 0. The van der Waals surface area contributed by atoms with Gasteiger partial charge in [-0.15, -0.1) is 0 Å². The number of aliphatic hydroxyl groups excluding tert-OH is 1. The second-order valence-electron chi connectivity index (χ2n) is 4.41. The number of hydrogen-bond acceptors (Lipinski definition) is 4. The maximum Gasteiger partial charge on any atom is 0.337 e. The molecule has 0 bridgehead atoms. The van der Waals surface area contributed by atoms with Gasteiger partial charge in [-0.05, 0) is 18.2 Å². The Morgan fingerprint density at radius 2 is 2.32 bits per heavy atom. The Bertz CT molecular complexity index is 517. The highest BCUT2D eigenvalue weighted by molar-refractivity contribution is 5.98. The van der Waals surface area contributed by atoms with Gasteiger partial charge in [-0.2, -0.15) is 0 Å². The SMILES string of the molecule is COC(=O)c1ccc(F)c(N2CC(CO)CC2=O)c1. The average molecular weight is 267 g/mol. The van der Waals surface area contributed by atoms with Gasteiger partial charge in [0.2, 0.25) is 5.91 Å². The molecule has 1 aliphatic rings. The van der Waals surface area contributed by atoms with Crippen LogP contribution in [0, 0.1) is 11.7 Å². The Kier molecular flexibility index (Phi) is 3.80. The Morgan fingerprint density at radius 1 is 1.58 bits per heavy atom. The van der Waals surface area contributed by atoms with Gasteiger partial charge in [-0.25, -0.2) is 9.18 Å². The predicted octanol–water partition coefficient (Wildman–Crippen LogP) is 0.958. The molecule has 0 radical (unpaired) electrons. The van der Waals surface area contributed by atoms with Crippen LogP contribution in [0.15, 0.2) is 18.2 Å². The Balaban J connectivity index is 2.34. The summed E-state index contributed by atoms with van der Waals surface area (Å²) in [4.78, 5) is 24.4. The summed E-state index contributed by atoms with van der Waals surface area (Å²) in [6.45, 7) is 0.122. The second-order valence-corrected chi connectivity index (χ2v) is 4.41. The maximum absolute atomic E-state index is 13.8. The normalized spacial score (nSPS) is 18.8. The first-order chi connectivity index (χ1) is 9.06. The summed E-state index contributed by atoms with van der Waals surface area (Å²) in [6.07, 6.45) is 0.179. The van der Waals surface area contributed by atoms with Crippen molar-refractivity contribution >= 4 is 17.6 Å². The van der Waals surface area contributed by atoms with E-state index in [-0.39, 0.29) is 42.6 Å². The van der Waals surface area contributed by atoms with Crippen LogP contribution < -0.4 is 4.90 Å². The number of carbonyl (C=O) groups excluding carboxylic acids is 2. The molecule has 2 rings (SSSR count). The molecule has 1 aromatic rings. The fourth-order valence-corrected chi connectivity index (χ4v) is 2.10. The summed E-state index contributed by atoms with van der Waals surface area (Å²) in [5, 5.41) is 9.05. The number of amides is 1. The van der Waals surface area contributed by atoms with Crippen LogP contribution in [0.4, 0.5) is 10.1 Å². The lowest BCUT2D eigenvalue weighted by atomic mass is 10.1. The van der Waals surface area contributed by atoms with E-state index in [1.54, 1.807) is 0 Å². The molecule has 102 valence electrons. The molecule has 0 saturated carbocycles. The van der Waals surface area contributed by atoms with Gasteiger partial charge < -0.3 is 14.7 Å². The van der Waals surface area contributed by atoms with E-state index in [1.165, 1.54) is 24.1 Å². The van der Waals surface area contributed by atoms with E-state index in [4.69, 9.17) is 5.11 Å². The molecule has 1 saturated heterocycles. The summed E-state index contributed by atoms with van der Waals surface area (Å²) in [6, 6.07) is 3.72. The van der Waals surface area contributed by atoms with Gasteiger partial charge in [-0.3, -0.25) is 4.79 Å². The van der Waals surface area contributed by atoms with Gasteiger partial charge in [0.05, 0.1) is 18.4 Å². The summed E-state index contributed by atoms with van der Waals surface area (Å²) in [7, 11) is 1.23. The fourth-order valence-electron chi connectivity index (χ4n) is 2.10. The van der Waals surface area contributed by atoms with Gasteiger partial charge in [0.15, 0.2) is 0 Å². The second kappa shape index (κ2) is 5.36. The van der Waals surface area contributed by atoms with Crippen LogP contribution >= 0.6 is 0 Å². The van der Waals surface area contributed by atoms with Crippen LogP contribution in [0.1, 0.15) is 16.8 Å². The van der Waals surface area contributed by atoms with Crippen LogP contribution in [0.2, 0.25) is 0 Å². The zero-order valence-electron chi connectivity index (χ0n) is 10.4. The zero-order chi connectivity index (χ0) is 14.0. The van der Waals surface area contributed by atoms with E-state index in [0.717, 1.165) is 6.07 Å². The molecule has 1 N–H and O–H groups in total. The number of carbonyl (C=O) groups is 2. The summed E-state index contributed by atoms with van der Waals surface area (Å²) < 4.78 is 18.3. The minimum atomic E-state index is -0.591. The maximum atomic E-state index is 13.8. The number of anilines is 1. The van der Waals surface area contributed by atoms with Crippen LogP contribution in [-0.4, -0.2) is 37.2 Å². The fraction of sp³-hybridized carbons (Fsp3) is 0.385. The molecular weight excluding hydrogens is 253 g/mol. The molecule has 0 aliphatic carbocycles. The van der Waals surface area contributed by atoms with Crippen LogP contribution in [0.25, 0.3) is 0 Å². The largest absolute Gasteiger partial charge is 0.465 e. The third-order valence-corrected chi connectivity index (χ3v) is 3.12. The minimum Gasteiger partial charge on any atom is -0.465 e. The number of benzene rings is 1. The van der Waals surface area contributed by atoms with Crippen molar-refractivity contribution in [3.8, 4) is 0 Å². The van der Waals surface area contributed by atoms with Crippen LogP contribution in [0.3, 0.4) is 0 Å². The third kappa shape index (κ3) is 2.58. The number of ether oxygens (including phenoxy) is 1. The van der Waals surface area contributed by atoms with Crippen molar-refractivity contribution in [2.45, 2.75) is 6.42 Å². The predicted molar refractivity (Wildman–Crippen MR) is 65.3 cm³/mol. The van der Waals surface area contributed by atoms with Gasteiger partial charge in [0.25, 0.3) is 0 Å². The molecule has 5 nitrogen and oxygen atoms in total. The van der Waals surface area contributed by atoms with E-state index in [0.29, 0.717) is 0 Å². The van der Waals surface area contributed by atoms with Gasteiger partial charge in [0, 0.05) is 25.5 Å². The van der Waals surface area contributed by atoms with Crippen molar-refractivity contribution < 1.29 is 23.8 Å². The minimum absolute atomic E-state index is 0.0452. The standard InChI is InChI=1S/C13H14FNO4/c1-19-13(18)9-2-3-10(14)11(5-9)15-6-8(7-16)4-12(15)17/h2-3,5,8,16H,4,6-7H2,1H3. The Labute approximate surface area is 109 Å². The van der Waals surface area contributed by atoms with E-state index < -0.39 is 11.8 Å². The van der Waals surface area contributed by atoms with E-state index >= 15 is 0 Å². The number of hydrogen-bond donors (Lipinski definition) is 1. The highest BCUT2D eigenvalue weighted by atomic mass is 19.1. The zero-order valence-corrected chi connectivity index (χ0v) is 10.4. The quantitative estimate of drug-likeness (QED) is 0.828. The summed E-state index contributed by atoms with van der Waals surface area (Å²) in [5.41, 5.74) is 0.225. The number of nitrogens with zero attached hydrogens (tertiary/aromatic N) is 1. The molecule has 0 aromatic heterocycles. The van der Waals surface area contributed by atoms with Gasteiger partial charge in [0.1, 0.15) is 5.82 Å². The third-order valence-electron chi connectivity index (χ3n) is 3.12. The van der Waals surface area contributed by atoms with Gasteiger partial charge in [-0.1, -0.05) is 0 Å². The van der Waals surface area contributed by atoms with Gasteiger partial charge >= 0.3 is 5.97 Å². The monoisotopic (exact) mass is 267 g/mol. The first kappa shape index (κ1) is 13.5. The molecule has 6 heteroatoms. The highest BCUT2D eigenvalue weighted by Crippen LogP contribution is 2.28. The Hall–Kier alpha value is -1.95. The van der Waals surface area contributed by atoms with E-state index in [9.17, 15) is 14.0 Å². The molecule has 1 aliphatic heterocycles. The molecule has 1 amide bonds. The van der Waals surface area contributed by atoms with Crippen molar-refractivity contribution in [1.29, 1.82) is 0 Å². The van der Waals surface area contributed by atoms with E-state index in [2.05, 4.69) is 4.74 Å². The number of halogens is 1. The topological polar surface area (TPSA) is 66.8 Å². The molecule has 1 atom stereocenters. The molecule has 0 spiro atoms. The van der Waals surface area contributed by atoms with Crippen molar-refractivity contribution in [3.63, 3.8) is 0 Å². The first-order valence-corrected chi connectivity index (χ1v) is 5.86. The lowest BCUT2D eigenvalue weighted by Crippen LogP contribution is -2.26. The van der Waals surface area contributed by atoms with Crippen molar-refractivity contribution in [2.75, 3.05) is 25.2 Å². The average Bonchev–Trinajstić information content (AvgIpc) is 2.79. The Morgan fingerprint density at radius 3 is 2.89 bits per heavy atom. The highest BCUT2D eigenvalue weighted by Gasteiger charge is 2.32. The number of esters is 1. The summed E-state index contributed by atoms with van der Waals surface area (Å²) in [5.74, 6) is -1.64. The number of rotatable bonds is 3. The first-order valence-electron chi connectivity index (χ1n) is 5.86. The van der Waals surface area contributed by atoms with Crippen LogP contribution in [0.5, 0.6) is 0 Å². The lowest BCUT2D eigenvalue weighted by Gasteiger charge is -2.17. The molecule has 1 aromatic carbocycles. The molecule has 1 fully saturated rings. The van der Waals surface area contributed by atoms with Crippen molar-refractivity contribution in [1.82, 2.24) is 0 Å². The smallest absolute Gasteiger partial charge is 0.337 e. The molecular formula is C13H14FNO4. The lowest BCUT2D eigenvalue weighted by molar-refractivity contribution is -0.117. The number of methoxy groups -OCH3 is 1.